The van der Waals surface area contributed by atoms with Gasteiger partial charge in [0.25, 0.3) is 0 Å². The zero-order valence-electron chi connectivity index (χ0n) is 12.5. The highest BCUT2D eigenvalue weighted by Crippen LogP contribution is 2.40. The molecule has 0 radical (unpaired) electrons. The number of nitrogens with one attached hydrogen (secondary N) is 2. The predicted octanol–water partition coefficient (Wildman–Crippen LogP) is 1.30. The Kier molecular flexibility index (Phi) is 4.56. The molecule has 0 bridgehead atoms. The third-order valence-electron chi connectivity index (χ3n) is 3.38. The van der Waals surface area contributed by atoms with Crippen molar-refractivity contribution in [1.29, 1.82) is 0 Å². The van der Waals surface area contributed by atoms with E-state index >= 15 is 0 Å². The number of carbonyl (C=O) groups excluding carboxylic acids is 2. The average molecular weight is 332 g/mol. The van der Waals surface area contributed by atoms with Crippen LogP contribution in [0.1, 0.15) is 29.7 Å². The molecule has 2 aromatic rings. The van der Waals surface area contributed by atoms with E-state index in [1.54, 1.807) is 4.68 Å². The van der Waals surface area contributed by atoms with Gasteiger partial charge in [0.15, 0.2) is 0 Å². The van der Waals surface area contributed by atoms with Gasteiger partial charge in [0.2, 0.25) is 11.1 Å². The maximum atomic E-state index is 12.5. The van der Waals surface area contributed by atoms with E-state index in [0.717, 1.165) is 18.4 Å². The maximum absolute atomic E-state index is 12.5. The van der Waals surface area contributed by atoms with E-state index in [2.05, 4.69) is 26.2 Å². The molecule has 9 heteroatoms. The average Bonchev–Trinajstić information content (AvgIpc) is 3.31. The molecule has 2 N–H and O–H groups in total. The Bertz CT molecular complexity index is 700. The number of aromatic nitrogens is 4. The standard InChI is InChI=1S/C14H16N6O2S/c1-15-13(22)16-12(21)11(9-5-3-2-4-6-9)23-14-17-18-19-20(14)10-7-8-10/h2-6,10-11H,7-8H2,1H3,(H2,15,16,21,22). The van der Waals surface area contributed by atoms with E-state index in [0.29, 0.717) is 11.2 Å². The first-order valence-electron chi connectivity index (χ1n) is 7.21. The number of hydrogen-bond donors (Lipinski definition) is 2. The van der Waals surface area contributed by atoms with Gasteiger partial charge in [-0.15, -0.1) is 5.10 Å². The Morgan fingerprint density at radius 1 is 1.30 bits per heavy atom. The van der Waals surface area contributed by atoms with Crippen LogP contribution >= 0.6 is 11.8 Å². The van der Waals surface area contributed by atoms with Crippen molar-refractivity contribution in [3.63, 3.8) is 0 Å². The van der Waals surface area contributed by atoms with Gasteiger partial charge in [0.05, 0.1) is 6.04 Å². The van der Waals surface area contributed by atoms with Gasteiger partial charge in [-0.2, -0.15) is 0 Å². The number of urea groups is 1. The molecule has 1 aromatic carbocycles. The van der Waals surface area contributed by atoms with Gasteiger partial charge in [0.1, 0.15) is 5.25 Å². The topological polar surface area (TPSA) is 102 Å². The number of tetrazole rings is 1. The Balaban J connectivity index is 1.84. The molecule has 0 spiro atoms. The Morgan fingerprint density at radius 3 is 2.70 bits per heavy atom. The lowest BCUT2D eigenvalue weighted by Crippen LogP contribution is -2.39. The summed E-state index contributed by atoms with van der Waals surface area (Å²) in [6.45, 7) is 0. The second-order valence-corrected chi connectivity index (χ2v) is 6.19. The summed E-state index contributed by atoms with van der Waals surface area (Å²) in [5, 5.41) is 16.3. The van der Waals surface area contributed by atoms with Crippen LogP contribution in [0.25, 0.3) is 0 Å². The number of amides is 3. The molecule has 1 atom stereocenters. The number of benzene rings is 1. The Labute approximate surface area is 137 Å². The molecule has 8 nitrogen and oxygen atoms in total. The van der Waals surface area contributed by atoms with Crippen LogP contribution in [0.15, 0.2) is 35.5 Å². The minimum absolute atomic E-state index is 0.311. The van der Waals surface area contributed by atoms with Gasteiger partial charge in [-0.1, -0.05) is 42.1 Å². The summed E-state index contributed by atoms with van der Waals surface area (Å²) in [5.41, 5.74) is 0.782. The van der Waals surface area contributed by atoms with Crippen LogP contribution < -0.4 is 10.6 Å². The predicted molar refractivity (Wildman–Crippen MR) is 83.7 cm³/mol. The third kappa shape index (κ3) is 3.67. The third-order valence-corrected chi connectivity index (χ3v) is 4.58. The highest BCUT2D eigenvalue weighted by molar-refractivity contribution is 8.00. The number of nitrogens with zero attached hydrogens (tertiary/aromatic N) is 4. The van der Waals surface area contributed by atoms with Crippen molar-refractivity contribution in [2.75, 3.05) is 7.05 Å². The fraction of sp³-hybridized carbons (Fsp3) is 0.357. The van der Waals surface area contributed by atoms with Crippen molar-refractivity contribution in [3.8, 4) is 0 Å². The molecule has 1 fully saturated rings. The van der Waals surface area contributed by atoms with Crippen LogP contribution in [0.3, 0.4) is 0 Å². The molecule has 1 heterocycles. The number of rotatable bonds is 5. The smallest absolute Gasteiger partial charge is 0.321 e. The van der Waals surface area contributed by atoms with Crippen LogP contribution in [-0.2, 0) is 4.79 Å². The van der Waals surface area contributed by atoms with Gasteiger partial charge >= 0.3 is 6.03 Å². The fourth-order valence-electron chi connectivity index (χ4n) is 2.06. The summed E-state index contributed by atoms with van der Waals surface area (Å²) in [6, 6.07) is 9.01. The maximum Gasteiger partial charge on any atom is 0.321 e. The molecule has 1 aliphatic rings. The molecular formula is C14H16N6O2S. The summed E-state index contributed by atoms with van der Waals surface area (Å²) >= 11 is 1.24. The van der Waals surface area contributed by atoms with E-state index in [1.807, 2.05) is 30.3 Å². The van der Waals surface area contributed by atoms with Crippen LogP contribution in [0.4, 0.5) is 4.79 Å². The number of thioether (sulfide) groups is 1. The van der Waals surface area contributed by atoms with Crippen LogP contribution in [0.5, 0.6) is 0 Å². The van der Waals surface area contributed by atoms with Crippen LogP contribution in [0.2, 0.25) is 0 Å². The van der Waals surface area contributed by atoms with E-state index < -0.39 is 17.2 Å². The van der Waals surface area contributed by atoms with Gasteiger partial charge in [-0.25, -0.2) is 9.48 Å². The number of imide groups is 1. The van der Waals surface area contributed by atoms with Crippen molar-refractivity contribution < 1.29 is 9.59 Å². The van der Waals surface area contributed by atoms with Crippen molar-refractivity contribution in [3.05, 3.63) is 35.9 Å². The van der Waals surface area contributed by atoms with Gasteiger partial charge in [0, 0.05) is 7.05 Å². The van der Waals surface area contributed by atoms with Crippen molar-refractivity contribution in [1.82, 2.24) is 30.8 Å². The normalized spacial score (nSPS) is 15.0. The quantitative estimate of drug-likeness (QED) is 0.800. The van der Waals surface area contributed by atoms with E-state index in [1.165, 1.54) is 18.8 Å². The van der Waals surface area contributed by atoms with E-state index in [-0.39, 0.29) is 0 Å². The monoisotopic (exact) mass is 332 g/mol. The molecule has 1 aromatic heterocycles. The van der Waals surface area contributed by atoms with Crippen LogP contribution in [0, 0.1) is 0 Å². The molecule has 120 valence electrons. The second-order valence-electron chi connectivity index (χ2n) is 5.11. The fourth-order valence-corrected chi connectivity index (χ4v) is 3.10. The molecule has 23 heavy (non-hydrogen) atoms. The van der Waals surface area contributed by atoms with Crippen LogP contribution in [-0.4, -0.2) is 39.2 Å². The number of carbonyl (C=O) groups is 2. The minimum Gasteiger partial charge on any atom is -0.341 e. The summed E-state index contributed by atoms with van der Waals surface area (Å²) in [7, 11) is 1.46. The largest absolute Gasteiger partial charge is 0.341 e. The number of hydrogen-bond acceptors (Lipinski definition) is 6. The minimum atomic E-state index is -0.614. The molecule has 1 unspecified atom stereocenters. The summed E-state index contributed by atoms with van der Waals surface area (Å²) in [5.74, 6) is -0.411. The summed E-state index contributed by atoms with van der Waals surface area (Å²) < 4.78 is 1.74. The zero-order valence-corrected chi connectivity index (χ0v) is 13.3. The second kappa shape index (κ2) is 6.78. The van der Waals surface area contributed by atoms with Crippen molar-refractivity contribution >= 4 is 23.7 Å². The SMILES string of the molecule is CNC(=O)NC(=O)C(Sc1nnnn1C1CC1)c1ccccc1. The van der Waals surface area contributed by atoms with E-state index in [9.17, 15) is 9.59 Å². The van der Waals surface area contributed by atoms with Gasteiger partial charge in [-0.05, 0) is 28.8 Å². The van der Waals surface area contributed by atoms with Gasteiger partial charge in [-0.3, -0.25) is 10.1 Å². The molecule has 1 saturated carbocycles. The highest BCUT2D eigenvalue weighted by Gasteiger charge is 2.31. The van der Waals surface area contributed by atoms with Crippen molar-refractivity contribution in [2.45, 2.75) is 29.3 Å². The van der Waals surface area contributed by atoms with E-state index in [4.69, 9.17) is 0 Å². The molecule has 0 aliphatic heterocycles. The molecular weight excluding hydrogens is 316 g/mol. The molecule has 3 amide bonds. The Morgan fingerprint density at radius 2 is 2.04 bits per heavy atom. The summed E-state index contributed by atoms with van der Waals surface area (Å²) in [4.78, 5) is 23.9. The first-order chi connectivity index (χ1) is 11.2. The highest BCUT2D eigenvalue weighted by atomic mass is 32.2. The summed E-state index contributed by atoms with van der Waals surface area (Å²) in [6.07, 6.45) is 2.08. The first-order valence-corrected chi connectivity index (χ1v) is 8.09. The lowest BCUT2D eigenvalue weighted by atomic mass is 10.1. The zero-order chi connectivity index (χ0) is 16.2. The molecule has 0 saturated heterocycles. The lowest BCUT2D eigenvalue weighted by molar-refractivity contribution is -0.119. The van der Waals surface area contributed by atoms with Gasteiger partial charge < -0.3 is 5.32 Å². The molecule has 3 rings (SSSR count). The molecule has 1 aliphatic carbocycles. The lowest BCUT2D eigenvalue weighted by Gasteiger charge is -2.15. The van der Waals surface area contributed by atoms with Crippen molar-refractivity contribution in [2.24, 2.45) is 0 Å². The Hall–Kier alpha value is -2.42. The first kappa shape index (κ1) is 15.5.